The Morgan fingerprint density at radius 3 is 2.62 bits per heavy atom. The van der Waals surface area contributed by atoms with E-state index in [4.69, 9.17) is 4.74 Å². The summed E-state index contributed by atoms with van der Waals surface area (Å²) in [7, 11) is 1.63. The van der Waals surface area contributed by atoms with Crippen LogP contribution in [-0.4, -0.2) is 36.1 Å². The lowest BCUT2D eigenvalue weighted by atomic mass is 10.1. The maximum atomic E-state index is 12.9. The van der Waals surface area contributed by atoms with E-state index in [1.54, 1.807) is 31.5 Å². The van der Waals surface area contributed by atoms with Gasteiger partial charge in [-0.1, -0.05) is 30.3 Å². The maximum Gasteiger partial charge on any atom is 0.270 e. The van der Waals surface area contributed by atoms with E-state index in [2.05, 4.69) is 20.6 Å². The Morgan fingerprint density at radius 1 is 1.03 bits per heavy atom. The summed E-state index contributed by atoms with van der Waals surface area (Å²) in [5.41, 5.74) is 2.33. The number of carbonyl (C=O) groups excluding carboxylic acids is 1. The zero-order valence-corrected chi connectivity index (χ0v) is 16.2. The summed E-state index contributed by atoms with van der Waals surface area (Å²) < 4.78 is 18.3. The van der Waals surface area contributed by atoms with Gasteiger partial charge in [0.05, 0.1) is 7.11 Å². The summed E-state index contributed by atoms with van der Waals surface area (Å²) in [5, 5.41) is 5.95. The lowest BCUT2D eigenvalue weighted by Crippen LogP contribution is -2.27. The summed E-state index contributed by atoms with van der Waals surface area (Å²) in [4.78, 5) is 20.8. The third-order valence-electron chi connectivity index (χ3n) is 4.37. The first-order valence-electron chi connectivity index (χ1n) is 9.37. The summed E-state index contributed by atoms with van der Waals surface area (Å²) in [6, 6.07) is 15.6. The summed E-state index contributed by atoms with van der Waals surface area (Å²) in [6.45, 7) is 1.04. The Labute approximate surface area is 169 Å². The van der Waals surface area contributed by atoms with Crippen molar-refractivity contribution in [2.45, 2.75) is 12.8 Å². The van der Waals surface area contributed by atoms with Gasteiger partial charge in [0, 0.05) is 19.3 Å². The van der Waals surface area contributed by atoms with Gasteiger partial charge in [-0.05, 0) is 48.2 Å². The second kappa shape index (κ2) is 10.2. The normalized spacial score (nSPS) is 10.4. The first kappa shape index (κ1) is 20.3. The number of aromatic nitrogens is 2. The van der Waals surface area contributed by atoms with Gasteiger partial charge in [0.2, 0.25) is 5.95 Å². The van der Waals surface area contributed by atoms with Crippen LogP contribution in [0.1, 0.15) is 21.6 Å². The molecule has 2 aromatic carbocycles. The van der Waals surface area contributed by atoms with Crippen LogP contribution in [0, 0.1) is 5.82 Å². The molecule has 0 spiro atoms. The van der Waals surface area contributed by atoms with Crippen molar-refractivity contribution in [1.29, 1.82) is 0 Å². The van der Waals surface area contributed by atoms with Crippen molar-refractivity contribution in [2.24, 2.45) is 0 Å². The number of ether oxygens (including phenoxy) is 1. The van der Waals surface area contributed by atoms with E-state index < -0.39 is 0 Å². The van der Waals surface area contributed by atoms with Crippen molar-refractivity contribution in [3.8, 4) is 5.75 Å². The highest BCUT2D eigenvalue weighted by molar-refractivity contribution is 5.92. The summed E-state index contributed by atoms with van der Waals surface area (Å²) >= 11 is 0. The minimum absolute atomic E-state index is 0.255. The number of amides is 1. The molecule has 150 valence electrons. The van der Waals surface area contributed by atoms with Crippen LogP contribution in [0.25, 0.3) is 0 Å². The minimum atomic E-state index is -0.260. The van der Waals surface area contributed by atoms with E-state index in [0.717, 1.165) is 16.9 Å². The fourth-order valence-electron chi connectivity index (χ4n) is 2.85. The van der Waals surface area contributed by atoms with Crippen LogP contribution in [0.15, 0.2) is 60.8 Å². The number of halogens is 1. The highest BCUT2D eigenvalue weighted by Crippen LogP contribution is 2.17. The largest absolute Gasteiger partial charge is 0.496 e. The molecule has 0 fully saturated rings. The molecule has 0 aliphatic heterocycles. The second-order valence-corrected chi connectivity index (χ2v) is 6.39. The van der Waals surface area contributed by atoms with Gasteiger partial charge in [-0.15, -0.1) is 0 Å². The molecule has 0 atom stereocenters. The lowest BCUT2D eigenvalue weighted by Gasteiger charge is -2.09. The number of hydrogen-bond donors (Lipinski definition) is 2. The molecule has 0 saturated heterocycles. The predicted octanol–water partition coefficient (Wildman–Crippen LogP) is 3.25. The molecule has 0 unspecified atom stereocenters. The lowest BCUT2D eigenvalue weighted by molar-refractivity contribution is 0.0949. The molecule has 1 amide bonds. The van der Waals surface area contributed by atoms with Crippen molar-refractivity contribution >= 4 is 11.9 Å². The SMILES string of the molecule is COc1ccccc1CCNC(=O)c1ccnc(NCCc2ccc(F)cc2)n1. The minimum Gasteiger partial charge on any atom is -0.496 e. The molecule has 7 heteroatoms. The van der Waals surface area contributed by atoms with Crippen molar-refractivity contribution in [1.82, 2.24) is 15.3 Å². The van der Waals surface area contributed by atoms with Crippen LogP contribution in [0.4, 0.5) is 10.3 Å². The van der Waals surface area contributed by atoms with E-state index >= 15 is 0 Å². The number of benzene rings is 2. The van der Waals surface area contributed by atoms with Gasteiger partial charge in [0.15, 0.2) is 0 Å². The van der Waals surface area contributed by atoms with Gasteiger partial charge in [0.1, 0.15) is 17.3 Å². The van der Waals surface area contributed by atoms with E-state index in [1.807, 2.05) is 24.3 Å². The molecule has 1 aromatic heterocycles. The Bertz CT molecular complexity index is 948. The van der Waals surface area contributed by atoms with Gasteiger partial charge < -0.3 is 15.4 Å². The van der Waals surface area contributed by atoms with E-state index in [0.29, 0.717) is 37.6 Å². The van der Waals surface area contributed by atoms with Gasteiger partial charge in [-0.3, -0.25) is 4.79 Å². The molecule has 3 aromatic rings. The quantitative estimate of drug-likeness (QED) is 0.583. The third-order valence-corrected chi connectivity index (χ3v) is 4.37. The highest BCUT2D eigenvalue weighted by Gasteiger charge is 2.09. The summed E-state index contributed by atoms with van der Waals surface area (Å²) in [6.07, 6.45) is 2.89. The van der Waals surface area contributed by atoms with Gasteiger partial charge in [-0.2, -0.15) is 0 Å². The Balaban J connectivity index is 1.49. The zero-order chi connectivity index (χ0) is 20.5. The number of carbonyl (C=O) groups is 1. The molecule has 0 saturated carbocycles. The number of nitrogens with zero attached hydrogens (tertiary/aromatic N) is 2. The number of para-hydroxylation sites is 1. The van der Waals surface area contributed by atoms with Crippen molar-refractivity contribution in [3.63, 3.8) is 0 Å². The first-order valence-corrected chi connectivity index (χ1v) is 9.37. The highest BCUT2D eigenvalue weighted by atomic mass is 19.1. The number of anilines is 1. The van der Waals surface area contributed by atoms with E-state index in [-0.39, 0.29) is 11.7 Å². The molecule has 0 aliphatic carbocycles. The van der Waals surface area contributed by atoms with Gasteiger partial charge >= 0.3 is 0 Å². The predicted molar refractivity (Wildman–Crippen MR) is 110 cm³/mol. The molecule has 0 radical (unpaired) electrons. The number of rotatable bonds is 9. The standard InChI is InChI=1S/C22H23FN4O2/c1-29-20-5-3-2-4-17(20)11-14-24-21(28)19-12-15-26-22(27-19)25-13-10-16-6-8-18(23)9-7-16/h2-9,12,15H,10-11,13-14H2,1H3,(H,24,28)(H,25,26,27). The fourth-order valence-corrected chi connectivity index (χ4v) is 2.85. The fraction of sp³-hybridized carbons (Fsp3) is 0.227. The smallest absolute Gasteiger partial charge is 0.270 e. The maximum absolute atomic E-state index is 12.9. The average molecular weight is 394 g/mol. The Kier molecular flexibility index (Phi) is 7.10. The van der Waals surface area contributed by atoms with Crippen LogP contribution < -0.4 is 15.4 Å². The van der Waals surface area contributed by atoms with Crippen LogP contribution in [0.3, 0.4) is 0 Å². The molecular formula is C22H23FN4O2. The molecule has 0 bridgehead atoms. The Morgan fingerprint density at radius 2 is 1.83 bits per heavy atom. The number of nitrogens with one attached hydrogen (secondary N) is 2. The van der Waals surface area contributed by atoms with Crippen LogP contribution in [-0.2, 0) is 12.8 Å². The Hall–Kier alpha value is -3.48. The van der Waals surface area contributed by atoms with Crippen molar-refractivity contribution < 1.29 is 13.9 Å². The van der Waals surface area contributed by atoms with Crippen molar-refractivity contribution in [3.05, 3.63) is 83.4 Å². The van der Waals surface area contributed by atoms with Gasteiger partial charge in [0.25, 0.3) is 5.91 Å². The van der Waals surface area contributed by atoms with Gasteiger partial charge in [-0.25, -0.2) is 14.4 Å². The second-order valence-electron chi connectivity index (χ2n) is 6.39. The molecule has 2 N–H and O–H groups in total. The molecule has 6 nitrogen and oxygen atoms in total. The monoisotopic (exact) mass is 394 g/mol. The van der Waals surface area contributed by atoms with Crippen LogP contribution in [0.2, 0.25) is 0 Å². The van der Waals surface area contributed by atoms with Crippen LogP contribution >= 0.6 is 0 Å². The third kappa shape index (κ3) is 6.00. The molecule has 3 rings (SSSR count). The summed E-state index contributed by atoms with van der Waals surface area (Å²) in [5.74, 6) is 0.666. The number of methoxy groups -OCH3 is 1. The van der Waals surface area contributed by atoms with Crippen molar-refractivity contribution in [2.75, 3.05) is 25.5 Å². The van der Waals surface area contributed by atoms with Crippen LogP contribution in [0.5, 0.6) is 5.75 Å². The molecule has 1 heterocycles. The first-order chi connectivity index (χ1) is 14.2. The number of hydrogen-bond acceptors (Lipinski definition) is 5. The molecule has 0 aliphatic rings. The topological polar surface area (TPSA) is 76.1 Å². The molecular weight excluding hydrogens is 371 g/mol. The average Bonchev–Trinajstić information content (AvgIpc) is 2.75. The zero-order valence-electron chi connectivity index (χ0n) is 16.2. The van der Waals surface area contributed by atoms with E-state index in [1.165, 1.54) is 12.1 Å². The molecule has 29 heavy (non-hydrogen) atoms. The van der Waals surface area contributed by atoms with E-state index in [9.17, 15) is 9.18 Å².